The van der Waals surface area contributed by atoms with Gasteiger partial charge in [-0.3, -0.25) is 0 Å². The van der Waals surface area contributed by atoms with Crippen molar-refractivity contribution in [2.75, 3.05) is 46.9 Å². The first-order valence-electron chi connectivity index (χ1n) is 9.77. The number of guanidine groups is 1. The molecule has 0 radical (unpaired) electrons. The third kappa shape index (κ3) is 6.33. The van der Waals surface area contributed by atoms with Crippen molar-refractivity contribution in [3.05, 3.63) is 23.2 Å². The summed E-state index contributed by atoms with van der Waals surface area (Å²) in [5.41, 5.74) is -0.245. The number of likely N-dealkylation sites (N-methyl/N-ethyl adjacent to an activating group) is 1. The van der Waals surface area contributed by atoms with E-state index < -0.39 is 5.60 Å². The van der Waals surface area contributed by atoms with Gasteiger partial charge in [-0.2, -0.15) is 0 Å². The number of nitrogens with one attached hydrogen (secondary N) is 2. The summed E-state index contributed by atoms with van der Waals surface area (Å²) in [6.07, 6.45) is 1.97. The molecule has 2 rings (SSSR count). The van der Waals surface area contributed by atoms with Gasteiger partial charge < -0.3 is 29.8 Å². The Morgan fingerprint density at radius 3 is 2.43 bits per heavy atom. The van der Waals surface area contributed by atoms with Crippen LogP contribution in [0.5, 0.6) is 0 Å². The minimum atomic E-state index is -1.08. The van der Waals surface area contributed by atoms with Gasteiger partial charge in [0.1, 0.15) is 17.1 Å². The fourth-order valence-corrected chi connectivity index (χ4v) is 3.61. The molecule has 1 aliphatic heterocycles. The zero-order valence-corrected chi connectivity index (χ0v) is 20.4. The lowest BCUT2D eigenvalue weighted by Gasteiger charge is -2.43. The quantitative estimate of drug-likeness (QED) is 0.298. The van der Waals surface area contributed by atoms with Gasteiger partial charge in [-0.25, -0.2) is 4.99 Å². The zero-order chi connectivity index (χ0) is 20.1. The molecule has 0 saturated carbocycles. The molecule has 162 valence electrons. The first kappa shape index (κ1) is 25.2. The summed E-state index contributed by atoms with van der Waals surface area (Å²) in [4.78, 5) is 6.92. The lowest BCUT2D eigenvalue weighted by atomic mass is 9.88. The Morgan fingerprint density at radius 1 is 1.29 bits per heavy atom. The van der Waals surface area contributed by atoms with E-state index in [1.54, 1.807) is 6.92 Å². The molecule has 0 amide bonds. The molecular formula is C20H37IN4O3. The number of rotatable bonds is 7. The molecule has 8 heteroatoms. The highest BCUT2D eigenvalue weighted by molar-refractivity contribution is 14.0. The first-order valence-corrected chi connectivity index (χ1v) is 9.77. The molecule has 1 atom stereocenters. The highest BCUT2D eigenvalue weighted by atomic mass is 127. The van der Waals surface area contributed by atoms with E-state index in [4.69, 9.17) is 9.15 Å². The smallest absolute Gasteiger partial charge is 0.191 e. The number of nitrogens with zero attached hydrogens (tertiary/aromatic N) is 2. The molecule has 1 aromatic rings. The van der Waals surface area contributed by atoms with Crippen molar-refractivity contribution in [3.8, 4) is 0 Å². The lowest BCUT2D eigenvalue weighted by molar-refractivity contribution is -0.00503. The fraction of sp³-hybridized carbons (Fsp3) is 0.750. The number of hydrogen-bond donors (Lipinski definition) is 3. The molecule has 0 aliphatic carbocycles. The molecule has 0 spiro atoms. The maximum absolute atomic E-state index is 10.9. The van der Waals surface area contributed by atoms with Crippen LogP contribution >= 0.6 is 24.0 Å². The van der Waals surface area contributed by atoms with Crippen molar-refractivity contribution >= 4 is 29.9 Å². The number of ether oxygens (including phenoxy) is 1. The Labute approximate surface area is 186 Å². The molecule has 7 nitrogen and oxygen atoms in total. The normalized spacial score (nSPS) is 19.1. The molecule has 1 unspecified atom stereocenters. The van der Waals surface area contributed by atoms with E-state index in [-0.39, 0.29) is 36.1 Å². The van der Waals surface area contributed by atoms with Crippen molar-refractivity contribution in [1.82, 2.24) is 15.5 Å². The minimum absolute atomic E-state index is 0. The van der Waals surface area contributed by atoms with E-state index >= 15 is 0 Å². The molecule has 3 N–H and O–H groups in total. The third-order valence-corrected chi connectivity index (χ3v) is 5.47. The molecule has 0 aromatic carbocycles. The molecule has 0 bridgehead atoms. The minimum Gasteiger partial charge on any atom is -0.466 e. The predicted octanol–water partition coefficient (Wildman–Crippen LogP) is 2.39. The van der Waals surface area contributed by atoms with Crippen LogP contribution in [0.1, 0.15) is 43.8 Å². The van der Waals surface area contributed by atoms with Gasteiger partial charge in [-0.1, -0.05) is 0 Å². The number of furan rings is 1. The van der Waals surface area contributed by atoms with Gasteiger partial charge in [0.2, 0.25) is 0 Å². The number of halogens is 1. The van der Waals surface area contributed by atoms with E-state index in [0.717, 1.165) is 56.2 Å². The molecule has 1 aromatic heterocycles. The van der Waals surface area contributed by atoms with Crippen LogP contribution in [0.3, 0.4) is 0 Å². The van der Waals surface area contributed by atoms with Gasteiger partial charge in [-0.15, -0.1) is 24.0 Å². The van der Waals surface area contributed by atoms with Gasteiger partial charge in [0, 0.05) is 37.4 Å². The maximum atomic E-state index is 10.9. The van der Waals surface area contributed by atoms with Gasteiger partial charge in [-0.05, 0) is 60.7 Å². The number of aliphatic imine (C=N–C) groups is 1. The summed E-state index contributed by atoms with van der Waals surface area (Å²) in [6.45, 7) is 10.9. The first-order chi connectivity index (χ1) is 12.7. The van der Waals surface area contributed by atoms with Crippen molar-refractivity contribution in [1.29, 1.82) is 0 Å². The van der Waals surface area contributed by atoms with Gasteiger partial charge in [0.25, 0.3) is 0 Å². The molecule has 1 saturated heterocycles. The number of aliphatic hydroxyl groups is 1. The summed E-state index contributed by atoms with van der Waals surface area (Å²) in [7, 11) is 4.23. The van der Waals surface area contributed by atoms with Gasteiger partial charge in [0.15, 0.2) is 5.96 Å². The lowest BCUT2D eigenvalue weighted by Crippen LogP contribution is -2.57. The van der Waals surface area contributed by atoms with E-state index in [1.807, 2.05) is 26.8 Å². The highest BCUT2D eigenvalue weighted by Gasteiger charge is 2.35. The molecule has 1 aliphatic rings. The van der Waals surface area contributed by atoms with Crippen LogP contribution < -0.4 is 10.6 Å². The highest BCUT2D eigenvalue weighted by Crippen LogP contribution is 2.27. The molecule has 2 heterocycles. The Balaban J connectivity index is 0.00000392. The van der Waals surface area contributed by atoms with Crippen LogP contribution in [0.25, 0.3) is 0 Å². The number of aryl methyl sites for hydroxylation is 2. The van der Waals surface area contributed by atoms with E-state index in [1.165, 1.54) is 0 Å². The van der Waals surface area contributed by atoms with Crippen molar-refractivity contribution in [2.24, 2.45) is 4.99 Å². The fourth-order valence-electron chi connectivity index (χ4n) is 3.61. The van der Waals surface area contributed by atoms with Crippen LogP contribution in [-0.4, -0.2) is 68.4 Å². The van der Waals surface area contributed by atoms with Gasteiger partial charge >= 0.3 is 0 Å². The summed E-state index contributed by atoms with van der Waals surface area (Å²) in [6, 6.07) is 1.88. The Morgan fingerprint density at radius 2 is 1.93 bits per heavy atom. The Kier molecular flexibility index (Phi) is 9.72. The standard InChI is InChI=1S/C20H36N4O3.HI/c1-7-21-18(23-14-20(24(5)6)8-10-26-11-9-20)22-13-19(4,25)17-12-15(2)27-16(17)3;/h12,25H,7-11,13-14H2,1-6H3,(H2,21,22,23);1H. The maximum Gasteiger partial charge on any atom is 0.191 e. The SMILES string of the molecule is CCNC(=NCC(C)(O)c1cc(C)oc1C)NCC1(N(C)C)CCOCC1.I. The van der Waals surface area contributed by atoms with E-state index in [9.17, 15) is 5.11 Å². The van der Waals surface area contributed by atoms with Crippen LogP contribution in [-0.2, 0) is 10.3 Å². The van der Waals surface area contributed by atoms with Crippen molar-refractivity contribution in [2.45, 2.75) is 51.7 Å². The second-order valence-electron chi connectivity index (χ2n) is 7.88. The second-order valence-corrected chi connectivity index (χ2v) is 7.88. The van der Waals surface area contributed by atoms with Crippen LogP contribution in [0, 0.1) is 13.8 Å². The van der Waals surface area contributed by atoms with Crippen LogP contribution in [0.2, 0.25) is 0 Å². The Hall–Kier alpha value is -0.840. The van der Waals surface area contributed by atoms with Crippen molar-refractivity contribution in [3.63, 3.8) is 0 Å². The summed E-state index contributed by atoms with van der Waals surface area (Å²) in [5.74, 6) is 2.24. The van der Waals surface area contributed by atoms with E-state index in [2.05, 4.69) is 34.6 Å². The van der Waals surface area contributed by atoms with Crippen LogP contribution in [0.15, 0.2) is 15.5 Å². The number of hydrogen-bond acceptors (Lipinski definition) is 5. The van der Waals surface area contributed by atoms with Crippen LogP contribution in [0.4, 0.5) is 0 Å². The average molecular weight is 508 g/mol. The predicted molar refractivity (Wildman–Crippen MR) is 124 cm³/mol. The van der Waals surface area contributed by atoms with Gasteiger partial charge in [0.05, 0.1) is 6.54 Å². The Bertz CT molecular complexity index is 637. The summed E-state index contributed by atoms with van der Waals surface area (Å²) in [5, 5.41) is 17.6. The van der Waals surface area contributed by atoms with E-state index in [0.29, 0.717) is 5.96 Å². The second kappa shape index (κ2) is 10.8. The molecule has 28 heavy (non-hydrogen) atoms. The van der Waals surface area contributed by atoms with Crippen molar-refractivity contribution < 1.29 is 14.3 Å². The largest absolute Gasteiger partial charge is 0.466 e. The molecular weight excluding hydrogens is 471 g/mol. The third-order valence-electron chi connectivity index (χ3n) is 5.47. The zero-order valence-electron chi connectivity index (χ0n) is 18.1. The molecule has 1 fully saturated rings. The summed E-state index contributed by atoms with van der Waals surface area (Å²) < 4.78 is 11.1. The average Bonchev–Trinajstić information content (AvgIpc) is 2.97. The summed E-state index contributed by atoms with van der Waals surface area (Å²) >= 11 is 0. The monoisotopic (exact) mass is 508 g/mol. The topological polar surface area (TPSA) is 82.3 Å².